The van der Waals surface area contributed by atoms with E-state index in [4.69, 9.17) is 0 Å². The lowest BCUT2D eigenvalue weighted by Gasteiger charge is -2.10. The van der Waals surface area contributed by atoms with E-state index in [1.165, 1.54) is 51.9 Å². The topological polar surface area (TPSA) is 6.48 Å². The fraction of sp³-hybridized carbons (Fsp3) is 0.833. The summed E-state index contributed by atoms with van der Waals surface area (Å²) in [6, 6.07) is 0. The highest BCUT2D eigenvalue weighted by atomic mass is 79.9. The van der Waals surface area contributed by atoms with Gasteiger partial charge >= 0.3 is 0 Å². The maximum atomic E-state index is 3.29. The van der Waals surface area contributed by atoms with Crippen molar-refractivity contribution in [1.29, 1.82) is 0 Å². The minimum Gasteiger partial charge on any atom is -1.00 e. The molecule has 0 spiro atoms. The van der Waals surface area contributed by atoms with Crippen LogP contribution in [-0.2, 0) is 0 Å². The van der Waals surface area contributed by atoms with Gasteiger partial charge in [-0.1, -0.05) is 11.8 Å². The third-order valence-corrected chi connectivity index (χ3v) is 3.13. The molecule has 0 bridgehead atoms. The molecule has 2 aliphatic rings. The Balaban J connectivity index is 0.00000112. The van der Waals surface area contributed by atoms with Crippen molar-refractivity contribution >= 4 is 0 Å². The molecule has 0 aromatic rings. The van der Waals surface area contributed by atoms with Crippen LogP contribution in [0.25, 0.3) is 0 Å². The Labute approximate surface area is 104 Å². The molecule has 2 aliphatic heterocycles. The van der Waals surface area contributed by atoms with Gasteiger partial charge in [-0.3, -0.25) is 9.80 Å². The second kappa shape index (κ2) is 7.27. The SMILES string of the molecule is C(#CCN1CCCC1)CN1CCCC1.[Br-]. The first-order chi connectivity index (χ1) is 6.95. The van der Waals surface area contributed by atoms with Crippen LogP contribution in [0.3, 0.4) is 0 Å². The molecule has 2 rings (SSSR count). The average molecular weight is 272 g/mol. The van der Waals surface area contributed by atoms with Gasteiger partial charge in [0.25, 0.3) is 0 Å². The van der Waals surface area contributed by atoms with E-state index in [-0.39, 0.29) is 17.0 Å². The van der Waals surface area contributed by atoms with Crippen molar-refractivity contribution in [1.82, 2.24) is 9.80 Å². The first-order valence-electron chi connectivity index (χ1n) is 5.85. The second-order valence-corrected chi connectivity index (χ2v) is 4.32. The van der Waals surface area contributed by atoms with E-state index in [1.807, 2.05) is 0 Å². The van der Waals surface area contributed by atoms with E-state index in [0.717, 1.165) is 13.1 Å². The number of hydrogen-bond donors (Lipinski definition) is 0. The normalized spacial score (nSPS) is 22.1. The number of halogens is 1. The van der Waals surface area contributed by atoms with Gasteiger partial charge in [0.15, 0.2) is 0 Å². The summed E-state index contributed by atoms with van der Waals surface area (Å²) in [5.74, 6) is 6.58. The van der Waals surface area contributed by atoms with Gasteiger partial charge in [0.1, 0.15) is 0 Å². The first kappa shape index (κ1) is 13.0. The zero-order valence-corrected chi connectivity index (χ0v) is 10.9. The summed E-state index contributed by atoms with van der Waals surface area (Å²) >= 11 is 0. The van der Waals surface area contributed by atoms with Crippen LogP contribution in [0.2, 0.25) is 0 Å². The van der Waals surface area contributed by atoms with Crippen molar-refractivity contribution in [3.8, 4) is 11.8 Å². The summed E-state index contributed by atoms with van der Waals surface area (Å²) in [5.41, 5.74) is 0. The number of nitrogens with zero attached hydrogens (tertiary/aromatic N) is 2. The molecule has 2 fully saturated rings. The highest BCUT2D eigenvalue weighted by Crippen LogP contribution is 2.06. The van der Waals surface area contributed by atoms with E-state index in [9.17, 15) is 0 Å². The van der Waals surface area contributed by atoms with Gasteiger partial charge in [-0.25, -0.2) is 0 Å². The first-order valence-corrected chi connectivity index (χ1v) is 5.85. The van der Waals surface area contributed by atoms with E-state index in [2.05, 4.69) is 21.6 Å². The van der Waals surface area contributed by atoms with Crippen LogP contribution in [0.1, 0.15) is 25.7 Å². The van der Waals surface area contributed by atoms with Crippen LogP contribution >= 0.6 is 0 Å². The largest absolute Gasteiger partial charge is 1.00 e. The lowest BCUT2D eigenvalue weighted by atomic mass is 10.4. The molecule has 2 nitrogen and oxygen atoms in total. The molecule has 0 aromatic heterocycles. The fourth-order valence-corrected chi connectivity index (χ4v) is 2.22. The molecule has 0 radical (unpaired) electrons. The molecular weight excluding hydrogens is 252 g/mol. The quantitative estimate of drug-likeness (QED) is 0.547. The summed E-state index contributed by atoms with van der Waals surface area (Å²) in [7, 11) is 0. The fourth-order valence-electron chi connectivity index (χ4n) is 2.22. The molecule has 2 heterocycles. The molecule has 0 atom stereocenters. The van der Waals surface area contributed by atoms with Crippen LogP contribution in [0.4, 0.5) is 0 Å². The Morgan fingerprint density at radius 1 is 0.667 bits per heavy atom. The maximum Gasteiger partial charge on any atom is 0.0602 e. The summed E-state index contributed by atoms with van der Waals surface area (Å²) in [6.07, 6.45) is 5.48. The molecule has 15 heavy (non-hydrogen) atoms. The predicted octanol–water partition coefficient (Wildman–Crippen LogP) is -1.81. The summed E-state index contributed by atoms with van der Waals surface area (Å²) in [5, 5.41) is 0. The standard InChI is InChI=1S/C12H20N2.BrH/c1-2-8-13(7-1)11-5-6-12-14-9-3-4-10-14;/h1-4,7-12H2;1H/p-1. The van der Waals surface area contributed by atoms with Crippen molar-refractivity contribution in [3.05, 3.63) is 0 Å². The Hall–Kier alpha value is -0.0400. The molecule has 3 heteroatoms. The van der Waals surface area contributed by atoms with Crippen LogP contribution in [0, 0.1) is 11.8 Å². The van der Waals surface area contributed by atoms with Crippen molar-refractivity contribution in [2.45, 2.75) is 25.7 Å². The molecule has 0 unspecified atom stereocenters. The number of rotatable bonds is 2. The van der Waals surface area contributed by atoms with Crippen LogP contribution in [0.5, 0.6) is 0 Å². The number of likely N-dealkylation sites (tertiary alicyclic amines) is 2. The monoisotopic (exact) mass is 271 g/mol. The van der Waals surface area contributed by atoms with Crippen molar-refractivity contribution in [3.63, 3.8) is 0 Å². The molecule has 0 amide bonds. The van der Waals surface area contributed by atoms with Crippen LogP contribution in [0.15, 0.2) is 0 Å². The Morgan fingerprint density at radius 3 is 1.33 bits per heavy atom. The van der Waals surface area contributed by atoms with E-state index < -0.39 is 0 Å². The minimum absolute atomic E-state index is 0. The molecule has 86 valence electrons. The summed E-state index contributed by atoms with van der Waals surface area (Å²) in [6.45, 7) is 7.04. The average Bonchev–Trinajstić information content (AvgIpc) is 2.86. The van der Waals surface area contributed by atoms with E-state index in [1.54, 1.807) is 0 Å². The Morgan fingerprint density at radius 2 is 1.00 bits per heavy atom. The van der Waals surface area contributed by atoms with Gasteiger partial charge in [0.2, 0.25) is 0 Å². The molecule has 0 aliphatic carbocycles. The highest BCUT2D eigenvalue weighted by Gasteiger charge is 2.10. The van der Waals surface area contributed by atoms with Gasteiger partial charge < -0.3 is 17.0 Å². The molecule has 0 N–H and O–H groups in total. The Kier molecular flexibility index (Phi) is 6.31. The van der Waals surface area contributed by atoms with Crippen molar-refractivity contribution in [2.75, 3.05) is 39.3 Å². The third kappa shape index (κ3) is 4.55. The van der Waals surface area contributed by atoms with E-state index in [0.29, 0.717) is 0 Å². The summed E-state index contributed by atoms with van der Waals surface area (Å²) < 4.78 is 0. The lowest BCUT2D eigenvalue weighted by molar-refractivity contribution is -0.00000293. The molecule has 0 saturated carbocycles. The van der Waals surface area contributed by atoms with E-state index >= 15 is 0 Å². The van der Waals surface area contributed by atoms with Gasteiger partial charge in [-0.2, -0.15) is 0 Å². The predicted molar refractivity (Wildman–Crippen MR) is 59.1 cm³/mol. The van der Waals surface area contributed by atoms with Crippen molar-refractivity contribution in [2.24, 2.45) is 0 Å². The molecular formula is C12H20BrN2-. The molecule has 2 saturated heterocycles. The van der Waals surface area contributed by atoms with Crippen molar-refractivity contribution < 1.29 is 17.0 Å². The van der Waals surface area contributed by atoms with Gasteiger partial charge in [0.05, 0.1) is 13.1 Å². The zero-order chi connectivity index (χ0) is 9.64. The van der Waals surface area contributed by atoms with Gasteiger partial charge in [-0.15, -0.1) is 0 Å². The van der Waals surface area contributed by atoms with Gasteiger partial charge in [0, 0.05) is 0 Å². The maximum absolute atomic E-state index is 3.29. The number of hydrogen-bond acceptors (Lipinski definition) is 2. The smallest absolute Gasteiger partial charge is 0.0602 e. The second-order valence-electron chi connectivity index (χ2n) is 4.32. The highest BCUT2D eigenvalue weighted by molar-refractivity contribution is 5.04. The van der Waals surface area contributed by atoms with Crippen LogP contribution < -0.4 is 17.0 Å². The summed E-state index contributed by atoms with van der Waals surface area (Å²) in [4.78, 5) is 4.91. The third-order valence-electron chi connectivity index (χ3n) is 3.13. The Bertz CT molecular complexity index is 198. The molecule has 0 aromatic carbocycles. The van der Waals surface area contributed by atoms with Gasteiger partial charge in [-0.05, 0) is 51.9 Å². The van der Waals surface area contributed by atoms with Crippen LogP contribution in [-0.4, -0.2) is 49.1 Å². The zero-order valence-electron chi connectivity index (χ0n) is 9.34. The minimum atomic E-state index is 0. The lowest BCUT2D eigenvalue weighted by Crippen LogP contribution is -3.00.